The van der Waals surface area contributed by atoms with Gasteiger partial charge in [-0.3, -0.25) is 9.69 Å². The number of amides is 1. The molecule has 0 saturated carbocycles. The quantitative estimate of drug-likeness (QED) is 0.831. The Labute approximate surface area is 133 Å². The number of rotatable bonds is 7. The van der Waals surface area contributed by atoms with E-state index < -0.39 is 0 Å². The van der Waals surface area contributed by atoms with E-state index in [4.69, 9.17) is 10.5 Å². The molecule has 1 amide bonds. The highest BCUT2D eigenvalue weighted by atomic mass is 16.5. The number of nitrogens with zero attached hydrogens (tertiary/aromatic N) is 2. The largest absolute Gasteiger partial charge is 0.494 e. The normalized spacial score (nSPS) is 15.8. The van der Waals surface area contributed by atoms with Gasteiger partial charge in [-0.15, -0.1) is 0 Å². The molecule has 0 spiro atoms. The van der Waals surface area contributed by atoms with Crippen molar-refractivity contribution in [2.75, 3.05) is 45.9 Å². The highest BCUT2D eigenvalue weighted by Crippen LogP contribution is 2.15. The average Bonchev–Trinajstić information content (AvgIpc) is 2.58. The van der Waals surface area contributed by atoms with Gasteiger partial charge in [0.05, 0.1) is 6.61 Å². The highest BCUT2D eigenvalue weighted by Gasteiger charge is 2.21. The fourth-order valence-corrected chi connectivity index (χ4v) is 2.59. The number of hydrogen-bond donors (Lipinski definition) is 1. The maximum Gasteiger partial charge on any atom is 0.253 e. The van der Waals surface area contributed by atoms with Crippen molar-refractivity contribution < 1.29 is 9.53 Å². The van der Waals surface area contributed by atoms with Crippen molar-refractivity contribution in [3.8, 4) is 5.75 Å². The first-order valence-corrected chi connectivity index (χ1v) is 8.19. The standard InChI is InChI=1S/C17H27N3O2/c1-2-14-22-16-6-4-15(5-7-16)17(21)20-12-10-19(11-13-20)9-3-8-18/h4-7H,2-3,8-14,18H2,1H3. The molecule has 0 unspecified atom stereocenters. The van der Waals surface area contributed by atoms with Gasteiger partial charge in [-0.1, -0.05) is 6.92 Å². The minimum atomic E-state index is 0.112. The van der Waals surface area contributed by atoms with Gasteiger partial charge < -0.3 is 15.4 Å². The Morgan fingerprint density at radius 1 is 1.18 bits per heavy atom. The van der Waals surface area contributed by atoms with Crippen LogP contribution in [0.25, 0.3) is 0 Å². The zero-order valence-corrected chi connectivity index (χ0v) is 13.5. The molecule has 1 aliphatic heterocycles. The summed E-state index contributed by atoms with van der Waals surface area (Å²) in [5, 5.41) is 0. The maximum atomic E-state index is 12.5. The van der Waals surface area contributed by atoms with Crippen LogP contribution in [0.2, 0.25) is 0 Å². The van der Waals surface area contributed by atoms with Crippen LogP contribution >= 0.6 is 0 Å². The molecule has 1 aliphatic rings. The number of ether oxygens (including phenoxy) is 1. The van der Waals surface area contributed by atoms with E-state index in [1.807, 2.05) is 29.2 Å². The van der Waals surface area contributed by atoms with Crippen LogP contribution in [0.5, 0.6) is 5.75 Å². The molecule has 0 aromatic heterocycles. The minimum Gasteiger partial charge on any atom is -0.494 e. The number of piperazine rings is 1. The average molecular weight is 305 g/mol. The van der Waals surface area contributed by atoms with Crippen LogP contribution in [0.3, 0.4) is 0 Å². The van der Waals surface area contributed by atoms with Crippen LogP contribution in [0.1, 0.15) is 30.1 Å². The summed E-state index contributed by atoms with van der Waals surface area (Å²) in [4.78, 5) is 16.8. The first kappa shape index (κ1) is 16.8. The number of carbonyl (C=O) groups is 1. The first-order chi connectivity index (χ1) is 10.7. The summed E-state index contributed by atoms with van der Waals surface area (Å²) >= 11 is 0. The van der Waals surface area contributed by atoms with Gasteiger partial charge in [0.25, 0.3) is 5.91 Å². The summed E-state index contributed by atoms with van der Waals surface area (Å²) in [7, 11) is 0. The van der Waals surface area contributed by atoms with Crippen molar-refractivity contribution in [3.63, 3.8) is 0 Å². The van der Waals surface area contributed by atoms with Gasteiger partial charge in [0.1, 0.15) is 5.75 Å². The first-order valence-electron chi connectivity index (χ1n) is 8.19. The molecule has 0 aliphatic carbocycles. The van der Waals surface area contributed by atoms with E-state index in [2.05, 4.69) is 11.8 Å². The molecular formula is C17H27N3O2. The van der Waals surface area contributed by atoms with Crippen molar-refractivity contribution in [1.29, 1.82) is 0 Å². The van der Waals surface area contributed by atoms with Crippen LogP contribution in [0, 0.1) is 0 Å². The Balaban J connectivity index is 1.84. The van der Waals surface area contributed by atoms with Crippen molar-refractivity contribution >= 4 is 5.91 Å². The van der Waals surface area contributed by atoms with E-state index in [1.165, 1.54) is 0 Å². The molecule has 5 nitrogen and oxygen atoms in total. The van der Waals surface area contributed by atoms with Crippen molar-refractivity contribution in [2.24, 2.45) is 5.73 Å². The van der Waals surface area contributed by atoms with E-state index >= 15 is 0 Å². The Morgan fingerprint density at radius 3 is 2.45 bits per heavy atom. The molecular weight excluding hydrogens is 278 g/mol. The predicted molar refractivity (Wildman–Crippen MR) is 88.2 cm³/mol. The van der Waals surface area contributed by atoms with Gasteiger partial charge in [0, 0.05) is 31.7 Å². The number of benzene rings is 1. The molecule has 122 valence electrons. The van der Waals surface area contributed by atoms with Crippen molar-refractivity contribution in [2.45, 2.75) is 19.8 Å². The zero-order valence-electron chi connectivity index (χ0n) is 13.5. The van der Waals surface area contributed by atoms with E-state index in [9.17, 15) is 4.79 Å². The van der Waals surface area contributed by atoms with Gasteiger partial charge in [0.15, 0.2) is 0 Å². The molecule has 0 radical (unpaired) electrons. The molecule has 22 heavy (non-hydrogen) atoms. The zero-order chi connectivity index (χ0) is 15.8. The summed E-state index contributed by atoms with van der Waals surface area (Å²) in [5.74, 6) is 0.936. The second-order valence-corrected chi connectivity index (χ2v) is 5.65. The van der Waals surface area contributed by atoms with E-state index in [0.717, 1.165) is 63.4 Å². The fraction of sp³-hybridized carbons (Fsp3) is 0.588. The predicted octanol–water partition coefficient (Wildman–Crippen LogP) is 1.58. The van der Waals surface area contributed by atoms with E-state index in [0.29, 0.717) is 6.61 Å². The lowest BCUT2D eigenvalue weighted by Gasteiger charge is -2.34. The molecule has 2 rings (SSSR count). The molecule has 2 N–H and O–H groups in total. The van der Waals surface area contributed by atoms with E-state index in [1.54, 1.807) is 0 Å². The van der Waals surface area contributed by atoms with Crippen LogP contribution in [0.4, 0.5) is 0 Å². The Hall–Kier alpha value is -1.59. The molecule has 1 heterocycles. The summed E-state index contributed by atoms with van der Waals surface area (Å²) in [6.45, 7) is 7.98. The van der Waals surface area contributed by atoms with Crippen LogP contribution < -0.4 is 10.5 Å². The summed E-state index contributed by atoms with van der Waals surface area (Å²) in [6.07, 6.45) is 2.00. The lowest BCUT2D eigenvalue weighted by Crippen LogP contribution is -2.49. The monoisotopic (exact) mass is 305 g/mol. The summed E-state index contributed by atoms with van der Waals surface area (Å²) in [6, 6.07) is 7.46. The van der Waals surface area contributed by atoms with Crippen LogP contribution in [-0.4, -0.2) is 61.6 Å². The Kier molecular flexibility index (Phi) is 6.68. The van der Waals surface area contributed by atoms with Gasteiger partial charge in [0.2, 0.25) is 0 Å². The van der Waals surface area contributed by atoms with E-state index in [-0.39, 0.29) is 5.91 Å². The lowest BCUT2D eigenvalue weighted by atomic mass is 10.1. The van der Waals surface area contributed by atoms with Crippen LogP contribution in [-0.2, 0) is 0 Å². The maximum absolute atomic E-state index is 12.5. The van der Waals surface area contributed by atoms with Gasteiger partial charge in [-0.05, 0) is 50.2 Å². The van der Waals surface area contributed by atoms with Gasteiger partial charge in [-0.25, -0.2) is 0 Å². The van der Waals surface area contributed by atoms with Gasteiger partial charge >= 0.3 is 0 Å². The second kappa shape index (κ2) is 8.76. The number of carbonyl (C=O) groups excluding carboxylic acids is 1. The third kappa shape index (κ3) is 4.71. The molecule has 5 heteroatoms. The topological polar surface area (TPSA) is 58.8 Å². The molecule has 0 bridgehead atoms. The Morgan fingerprint density at radius 2 is 1.86 bits per heavy atom. The van der Waals surface area contributed by atoms with Gasteiger partial charge in [-0.2, -0.15) is 0 Å². The van der Waals surface area contributed by atoms with Crippen molar-refractivity contribution in [1.82, 2.24) is 9.80 Å². The summed E-state index contributed by atoms with van der Waals surface area (Å²) < 4.78 is 5.55. The molecule has 1 aromatic rings. The van der Waals surface area contributed by atoms with Crippen LogP contribution in [0.15, 0.2) is 24.3 Å². The summed E-state index contributed by atoms with van der Waals surface area (Å²) in [5.41, 5.74) is 6.27. The smallest absolute Gasteiger partial charge is 0.253 e. The third-order valence-corrected chi connectivity index (χ3v) is 3.91. The second-order valence-electron chi connectivity index (χ2n) is 5.65. The minimum absolute atomic E-state index is 0.112. The number of nitrogens with two attached hydrogens (primary N) is 1. The number of hydrogen-bond acceptors (Lipinski definition) is 4. The molecule has 1 aromatic carbocycles. The molecule has 1 saturated heterocycles. The highest BCUT2D eigenvalue weighted by molar-refractivity contribution is 5.94. The van der Waals surface area contributed by atoms with Crippen molar-refractivity contribution in [3.05, 3.63) is 29.8 Å². The third-order valence-electron chi connectivity index (χ3n) is 3.91. The SMILES string of the molecule is CCCOc1ccc(C(=O)N2CCN(CCCN)CC2)cc1. The lowest BCUT2D eigenvalue weighted by molar-refractivity contribution is 0.0636. The Bertz CT molecular complexity index is 453. The molecule has 0 atom stereocenters. The molecule has 1 fully saturated rings. The fourth-order valence-electron chi connectivity index (χ4n) is 2.59.